The van der Waals surface area contributed by atoms with Gasteiger partial charge in [-0.2, -0.15) is 5.10 Å². The quantitative estimate of drug-likeness (QED) is 0.778. The van der Waals surface area contributed by atoms with E-state index in [0.717, 1.165) is 17.7 Å². The van der Waals surface area contributed by atoms with Gasteiger partial charge in [0.15, 0.2) is 5.82 Å². The highest BCUT2D eigenvalue weighted by Gasteiger charge is 2.17. The van der Waals surface area contributed by atoms with E-state index in [1.54, 1.807) is 23.3 Å². The Morgan fingerprint density at radius 3 is 2.58 bits per heavy atom. The van der Waals surface area contributed by atoms with Crippen molar-refractivity contribution >= 4 is 5.91 Å². The maximum atomic E-state index is 12.4. The minimum Gasteiger partial charge on any atom is -0.344 e. The van der Waals surface area contributed by atoms with Crippen LogP contribution >= 0.6 is 0 Å². The maximum Gasteiger partial charge on any atom is 0.254 e. The van der Waals surface area contributed by atoms with Crippen molar-refractivity contribution in [3.8, 4) is 11.4 Å². The van der Waals surface area contributed by atoms with Gasteiger partial charge in [-0.3, -0.25) is 14.5 Å². The number of carbonyl (C=O) groups is 1. The summed E-state index contributed by atoms with van der Waals surface area (Å²) in [5.74, 6) is 0.333. The molecule has 0 aliphatic rings. The van der Waals surface area contributed by atoms with E-state index in [-0.39, 0.29) is 11.9 Å². The second-order valence-corrected chi connectivity index (χ2v) is 5.35. The Kier molecular flexibility index (Phi) is 4.60. The SMILES string of the molecule is CCC(NC(=O)c1cnc(-c2cccnc2)nc1)c1ccnn1C. The van der Waals surface area contributed by atoms with Crippen molar-refractivity contribution in [1.82, 2.24) is 30.0 Å². The van der Waals surface area contributed by atoms with Crippen molar-refractivity contribution in [1.29, 1.82) is 0 Å². The predicted molar refractivity (Wildman–Crippen MR) is 89.0 cm³/mol. The Balaban J connectivity index is 1.74. The highest BCUT2D eigenvalue weighted by atomic mass is 16.1. The summed E-state index contributed by atoms with van der Waals surface area (Å²) in [5.41, 5.74) is 2.19. The van der Waals surface area contributed by atoms with E-state index in [9.17, 15) is 4.79 Å². The van der Waals surface area contributed by atoms with Gasteiger partial charge in [-0.15, -0.1) is 0 Å². The summed E-state index contributed by atoms with van der Waals surface area (Å²) < 4.78 is 1.76. The topological polar surface area (TPSA) is 85.6 Å². The second kappa shape index (κ2) is 6.99. The third kappa shape index (κ3) is 3.29. The van der Waals surface area contributed by atoms with E-state index < -0.39 is 0 Å². The number of aromatic nitrogens is 5. The van der Waals surface area contributed by atoms with E-state index in [2.05, 4.69) is 25.4 Å². The Labute approximate surface area is 139 Å². The van der Waals surface area contributed by atoms with E-state index in [1.807, 2.05) is 32.2 Å². The molecular weight excluding hydrogens is 304 g/mol. The molecule has 7 heteroatoms. The standard InChI is InChI=1S/C17H18N6O/c1-3-14(15-6-8-21-23(15)2)22-17(24)13-10-19-16(20-11-13)12-5-4-7-18-9-12/h4-11,14H,3H2,1-2H3,(H,22,24). The lowest BCUT2D eigenvalue weighted by atomic mass is 10.1. The number of nitrogens with one attached hydrogen (secondary N) is 1. The normalized spacial score (nSPS) is 11.9. The van der Waals surface area contributed by atoms with Gasteiger partial charge in [-0.1, -0.05) is 6.92 Å². The molecule has 0 saturated carbocycles. The first-order chi connectivity index (χ1) is 11.7. The van der Waals surface area contributed by atoms with E-state index in [0.29, 0.717) is 11.4 Å². The zero-order chi connectivity index (χ0) is 16.9. The molecule has 1 amide bonds. The molecule has 0 spiro atoms. The first kappa shape index (κ1) is 15.8. The van der Waals surface area contributed by atoms with Crippen LogP contribution in [0.25, 0.3) is 11.4 Å². The summed E-state index contributed by atoms with van der Waals surface area (Å²) >= 11 is 0. The lowest BCUT2D eigenvalue weighted by molar-refractivity contribution is 0.0933. The summed E-state index contributed by atoms with van der Waals surface area (Å²) in [6, 6.07) is 5.48. The molecule has 7 nitrogen and oxygen atoms in total. The van der Waals surface area contributed by atoms with Crippen molar-refractivity contribution in [2.24, 2.45) is 7.05 Å². The van der Waals surface area contributed by atoms with E-state index in [1.165, 1.54) is 12.4 Å². The Morgan fingerprint density at radius 1 is 1.21 bits per heavy atom. The average Bonchev–Trinajstić information content (AvgIpc) is 3.06. The van der Waals surface area contributed by atoms with Crippen LogP contribution in [0.3, 0.4) is 0 Å². The molecule has 3 aromatic heterocycles. The number of pyridine rings is 1. The number of amides is 1. The van der Waals surface area contributed by atoms with Gasteiger partial charge in [0.25, 0.3) is 5.91 Å². The monoisotopic (exact) mass is 322 g/mol. The molecular formula is C17H18N6O. The van der Waals surface area contributed by atoms with Crippen molar-refractivity contribution in [2.75, 3.05) is 0 Å². The molecule has 1 N–H and O–H groups in total. The zero-order valence-corrected chi connectivity index (χ0v) is 13.5. The second-order valence-electron chi connectivity index (χ2n) is 5.35. The Hall–Kier alpha value is -3.09. The zero-order valence-electron chi connectivity index (χ0n) is 13.5. The molecule has 0 bridgehead atoms. The lowest BCUT2D eigenvalue weighted by Gasteiger charge is -2.17. The first-order valence-electron chi connectivity index (χ1n) is 7.70. The minimum atomic E-state index is -0.208. The van der Waals surface area contributed by atoms with Crippen molar-refractivity contribution in [3.63, 3.8) is 0 Å². The molecule has 0 aliphatic carbocycles. The fourth-order valence-corrected chi connectivity index (χ4v) is 2.44. The lowest BCUT2D eigenvalue weighted by Crippen LogP contribution is -2.29. The molecule has 0 fully saturated rings. The maximum absolute atomic E-state index is 12.4. The summed E-state index contributed by atoms with van der Waals surface area (Å²) in [5, 5.41) is 7.14. The summed E-state index contributed by atoms with van der Waals surface area (Å²) in [6.45, 7) is 2.01. The fourth-order valence-electron chi connectivity index (χ4n) is 2.44. The number of hydrogen-bond donors (Lipinski definition) is 1. The molecule has 0 aromatic carbocycles. The van der Waals surface area contributed by atoms with Crippen LogP contribution in [0.2, 0.25) is 0 Å². The summed E-state index contributed by atoms with van der Waals surface area (Å²) in [6.07, 6.45) is 8.91. The van der Waals surface area contributed by atoms with Crippen LogP contribution in [0.15, 0.2) is 49.2 Å². The molecule has 0 saturated heterocycles. The molecule has 24 heavy (non-hydrogen) atoms. The average molecular weight is 322 g/mol. The summed E-state index contributed by atoms with van der Waals surface area (Å²) in [4.78, 5) is 25.0. The first-order valence-corrected chi connectivity index (χ1v) is 7.70. The van der Waals surface area contributed by atoms with Crippen LogP contribution in [0, 0.1) is 0 Å². The molecule has 122 valence electrons. The number of nitrogens with zero attached hydrogens (tertiary/aromatic N) is 5. The van der Waals surface area contributed by atoms with Gasteiger partial charge in [0, 0.05) is 43.6 Å². The molecule has 1 atom stereocenters. The molecule has 3 heterocycles. The van der Waals surface area contributed by atoms with E-state index in [4.69, 9.17) is 0 Å². The van der Waals surface area contributed by atoms with Crippen molar-refractivity contribution in [3.05, 3.63) is 60.4 Å². The minimum absolute atomic E-state index is 0.108. The van der Waals surface area contributed by atoms with Crippen LogP contribution in [-0.2, 0) is 7.05 Å². The molecule has 1 unspecified atom stereocenters. The number of carbonyl (C=O) groups excluding carboxylic acids is 1. The fraction of sp³-hybridized carbons (Fsp3) is 0.235. The van der Waals surface area contributed by atoms with Gasteiger partial charge in [-0.05, 0) is 24.6 Å². The van der Waals surface area contributed by atoms with Gasteiger partial charge < -0.3 is 5.32 Å². The number of hydrogen-bond acceptors (Lipinski definition) is 5. The van der Waals surface area contributed by atoms with Crippen LogP contribution in [0.5, 0.6) is 0 Å². The highest BCUT2D eigenvalue weighted by Crippen LogP contribution is 2.16. The van der Waals surface area contributed by atoms with Crippen LogP contribution < -0.4 is 5.32 Å². The smallest absolute Gasteiger partial charge is 0.254 e. The third-order valence-electron chi connectivity index (χ3n) is 3.76. The van der Waals surface area contributed by atoms with Gasteiger partial charge in [0.2, 0.25) is 0 Å². The van der Waals surface area contributed by atoms with Crippen LogP contribution in [-0.4, -0.2) is 30.6 Å². The van der Waals surface area contributed by atoms with Crippen molar-refractivity contribution in [2.45, 2.75) is 19.4 Å². The Bertz CT molecular complexity index is 813. The van der Waals surface area contributed by atoms with Gasteiger partial charge in [-0.25, -0.2) is 9.97 Å². The third-order valence-corrected chi connectivity index (χ3v) is 3.76. The molecule has 3 rings (SSSR count). The molecule has 3 aromatic rings. The van der Waals surface area contributed by atoms with Crippen LogP contribution in [0.4, 0.5) is 0 Å². The predicted octanol–water partition coefficient (Wildman–Crippen LogP) is 2.15. The Morgan fingerprint density at radius 2 is 2.00 bits per heavy atom. The number of aryl methyl sites for hydroxylation is 1. The van der Waals surface area contributed by atoms with Crippen molar-refractivity contribution < 1.29 is 4.79 Å². The highest BCUT2D eigenvalue weighted by molar-refractivity contribution is 5.93. The van der Waals surface area contributed by atoms with E-state index >= 15 is 0 Å². The largest absolute Gasteiger partial charge is 0.344 e. The summed E-state index contributed by atoms with van der Waals surface area (Å²) in [7, 11) is 1.86. The van der Waals surface area contributed by atoms with Gasteiger partial charge in [0.05, 0.1) is 17.3 Å². The van der Waals surface area contributed by atoms with Gasteiger partial charge >= 0.3 is 0 Å². The van der Waals surface area contributed by atoms with Crippen LogP contribution in [0.1, 0.15) is 35.4 Å². The van der Waals surface area contributed by atoms with Gasteiger partial charge in [0.1, 0.15) is 0 Å². The molecule has 0 aliphatic heterocycles. The number of rotatable bonds is 5. The molecule has 0 radical (unpaired) electrons.